The minimum absolute atomic E-state index is 0.104. The Balaban J connectivity index is 2.07. The Kier molecular flexibility index (Phi) is 6.15. The number of nitrogens with zero attached hydrogens (tertiary/aromatic N) is 2. The Morgan fingerprint density at radius 2 is 1.72 bits per heavy atom. The minimum Gasteiger partial charge on any atom is -0.462 e. The zero-order chi connectivity index (χ0) is 18.6. The predicted molar refractivity (Wildman–Crippen MR) is 91.4 cm³/mol. The summed E-state index contributed by atoms with van der Waals surface area (Å²) in [6, 6.07) is 5.04. The molecule has 1 aliphatic heterocycles. The SMILES string of the molecule is CCOC(=O)c1ccc(S(=O)(=O)N2CCN(C(=O)C(C)N)CC2)cc1. The quantitative estimate of drug-likeness (QED) is 0.734. The molecule has 0 aromatic heterocycles. The molecule has 1 unspecified atom stereocenters. The molecule has 1 atom stereocenters. The van der Waals surface area contributed by atoms with Crippen LogP contribution in [0.2, 0.25) is 0 Å². The van der Waals surface area contributed by atoms with Crippen LogP contribution in [0.5, 0.6) is 0 Å². The number of esters is 1. The molecule has 0 aliphatic carbocycles. The average Bonchev–Trinajstić information content (AvgIpc) is 2.61. The number of carbonyl (C=O) groups excluding carboxylic acids is 2. The van der Waals surface area contributed by atoms with Crippen LogP contribution in [-0.4, -0.2) is 68.3 Å². The van der Waals surface area contributed by atoms with Gasteiger partial charge in [0.05, 0.1) is 23.1 Å². The van der Waals surface area contributed by atoms with Crippen molar-refractivity contribution in [1.82, 2.24) is 9.21 Å². The summed E-state index contributed by atoms with van der Waals surface area (Å²) in [5.74, 6) is -0.676. The molecule has 0 bridgehead atoms. The Hall–Kier alpha value is -1.97. The van der Waals surface area contributed by atoms with Crippen LogP contribution >= 0.6 is 0 Å². The summed E-state index contributed by atoms with van der Waals surface area (Å²) in [5, 5.41) is 0. The van der Waals surface area contributed by atoms with E-state index < -0.39 is 22.0 Å². The minimum atomic E-state index is -3.67. The summed E-state index contributed by atoms with van der Waals surface area (Å²) >= 11 is 0. The summed E-state index contributed by atoms with van der Waals surface area (Å²) in [4.78, 5) is 25.2. The van der Waals surface area contributed by atoms with Crippen molar-refractivity contribution in [1.29, 1.82) is 0 Å². The topological polar surface area (TPSA) is 110 Å². The largest absolute Gasteiger partial charge is 0.462 e. The van der Waals surface area contributed by atoms with Gasteiger partial charge in [0.25, 0.3) is 0 Å². The van der Waals surface area contributed by atoms with Crippen LogP contribution in [0.1, 0.15) is 24.2 Å². The van der Waals surface area contributed by atoms with Gasteiger partial charge in [-0.15, -0.1) is 0 Å². The lowest BCUT2D eigenvalue weighted by atomic mass is 10.2. The molecular weight excluding hydrogens is 346 g/mol. The standard InChI is InChI=1S/C16H23N3O5S/c1-3-24-16(21)13-4-6-14(7-5-13)25(22,23)19-10-8-18(9-11-19)15(20)12(2)17/h4-7,12H,3,8-11,17H2,1-2H3. The Bertz CT molecular complexity index is 723. The van der Waals surface area contributed by atoms with Crippen LogP contribution in [-0.2, 0) is 19.6 Å². The van der Waals surface area contributed by atoms with E-state index in [1.165, 1.54) is 28.6 Å². The molecule has 1 fully saturated rings. The first kappa shape index (κ1) is 19.4. The number of hydrogen-bond acceptors (Lipinski definition) is 6. The lowest BCUT2D eigenvalue weighted by Gasteiger charge is -2.34. The number of ether oxygens (including phenoxy) is 1. The molecule has 0 spiro atoms. The molecule has 25 heavy (non-hydrogen) atoms. The van der Waals surface area contributed by atoms with E-state index in [9.17, 15) is 18.0 Å². The lowest BCUT2D eigenvalue weighted by Crippen LogP contribution is -2.53. The summed E-state index contributed by atoms with van der Waals surface area (Å²) in [6.07, 6.45) is 0. The van der Waals surface area contributed by atoms with Crippen molar-refractivity contribution in [2.45, 2.75) is 24.8 Å². The van der Waals surface area contributed by atoms with E-state index in [4.69, 9.17) is 10.5 Å². The van der Waals surface area contributed by atoms with E-state index in [-0.39, 0.29) is 30.5 Å². The maximum Gasteiger partial charge on any atom is 0.338 e. The van der Waals surface area contributed by atoms with Gasteiger partial charge in [-0.3, -0.25) is 4.79 Å². The third kappa shape index (κ3) is 4.36. The Morgan fingerprint density at radius 1 is 1.16 bits per heavy atom. The van der Waals surface area contributed by atoms with E-state index >= 15 is 0 Å². The number of benzene rings is 1. The maximum atomic E-state index is 12.7. The summed E-state index contributed by atoms with van der Waals surface area (Å²) < 4.78 is 31.6. The molecule has 1 aromatic rings. The van der Waals surface area contributed by atoms with Gasteiger partial charge in [0.15, 0.2) is 0 Å². The monoisotopic (exact) mass is 369 g/mol. The summed E-state index contributed by atoms with van der Waals surface area (Å²) in [6.45, 7) is 4.59. The third-order valence-electron chi connectivity index (χ3n) is 3.94. The van der Waals surface area contributed by atoms with Crippen molar-refractivity contribution in [3.05, 3.63) is 29.8 Å². The first-order valence-corrected chi connectivity index (χ1v) is 9.53. The second kappa shape index (κ2) is 7.94. The normalized spacial score (nSPS) is 17.2. The van der Waals surface area contributed by atoms with Crippen molar-refractivity contribution in [2.75, 3.05) is 32.8 Å². The van der Waals surface area contributed by atoms with E-state index in [0.717, 1.165) is 0 Å². The van der Waals surface area contributed by atoms with Crippen LogP contribution in [0.25, 0.3) is 0 Å². The molecule has 8 nitrogen and oxygen atoms in total. The van der Waals surface area contributed by atoms with Gasteiger partial charge >= 0.3 is 5.97 Å². The Morgan fingerprint density at radius 3 is 2.20 bits per heavy atom. The summed E-state index contributed by atoms with van der Waals surface area (Å²) in [5.41, 5.74) is 5.88. The van der Waals surface area contributed by atoms with Crippen LogP contribution < -0.4 is 5.73 Å². The second-order valence-electron chi connectivity index (χ2n) is 5.76. The van der Waals surface area contributed by atoms with Gasteiger partial charge in [-0.05, 0) is 38.1 Å². The fourth-order valence-corrected chi connectivity index (χ4v) is 3.99. The van der Waals surface area contributed by atoms with Crippen LogP contribution in [0.3, 0.4) is 0 Å². The molecule has 138 valence electrons. The van der Waals surface area contributed by atoms with Gasteiger partial charge in [0, 0.05) is 26.2 Å². The van der Waals surface area contributed by atoms with Crippen molar-refractivity contribution < 1.29 is 22.7 Å². The molecule has 2 N–H and O–H groups in total. The molecule has 1 heterocycles. The Labute approximate surface area is 147 Å². The number of carbonyl (C=O) groups is 2. The molecule has 1 amide bonds. The number of nitrogens with two attached hydrogens (primary N) is 1. The average molecular weight is 369 g/mol. The predicted octanol–water partition coefficient (Wildman–Crippen LogP) is 0.0434. The van der Waals surface area contributed by atoms with E-state index in [1.54, 1.807) is 18.7 Å². The highest BCUT2D eigenvalue weighted by atomic mass is 32.2. The zero-order valence-corrected chi connectivity index (χ0v) is 15.2. The molecule has 1 aromatic carbocycles. The molecule has 1 aliphatic rings. The number of hydrogen-bond donors (Lipinski definition) is 1. The van der Waals surface area contributed by atoms with E-state index in [1.807, 2.05) is 0 Å². The van der Waals surface area contributed by atoms with Gasteiger partial charge < -0.3 is 15.4 Å². The van der Waals surface area contributed by atoms with Gasteiger partial charge in [0.1, 0.15) is 0 Å². The number of piperazine rings is 1. The van der Waals surface area contributed by atoms with Crippen LogP contribution in [0.15, 0.2) is 29.2 Å². The lowest BCUT2D eigenvalue weighted by molar-refractivity contribution is -0.133. The first-order chi connectivity index (χ1) is 11.8. The zero-order valence-electron chi connectivity index (χ0n) is 14.3. The van der Waals surface area contributed by atoms with Crippen molar-refractivity contribution in [2.24, 2.45) is 5.73 Å². The maximum absolute atomic E-state index is 12.7. The molecule has 2 rings (SSSR count). The molecular formula is C16H23N3O5S. The first-order valence-electron chi connectivity index (χ1n) is 8.09. The van der Waals surface area contributed by atoms with E-state index in [2.05, 4.69) is 0 Å². The molecule has 0 radical (unpaired) electrons. The number of amides is 1. The van der Waals surface area contributed by atoms with Crippen molar-refractivity contribution in [3.8, 4) is 0 Å². The van der Waals surface area contributed by atoms with E-state index in [0.29, 0.717) is 18.7 Å². The highest BCUT2D eigenvalue weighted by molar-refractivity contribution is 7.89. The molecule has 1 saturated heterocycles. The van der Waals surface area contributed by atoms with Crippen LogP contribution in [0, 0.1) is 0 Å². The van der Waals surface area contributed by atoms with Crippen molar-refractivity contribution >= 4 is 21.9 Å². The van der Waals surface area contributed by atoms with Gasteiger partial charge in [-0.25, -0.2) is 13.2 Å². The molecule has 0 saturated carbocycles. The van der Waals surface area contributed by atoms with Gasteiger partial charge in [-0.1, -0.05) is 0 Å². The van der Waals surface area contributed by atoms with Crippen LogP contribution in [0.4, 0.5) is 0 Å². The van der Waals surface area contributed by atoms with Gasteiger partial charge in [-0.2, -0.15) is 4.31 Å². The number of rotatable bonds is 5. The second-order valence-corrected chi connectivity index (χ2v) is 7.70. The van der Waals surface area contributed by atoms with Crippen molar-refractivity contribution in [3.63, 3.8) is 0 Å². The number of sulfonamides is 1. The highest BCUT2D eigenvalue weighted by Crippen LogP contribution is 2.19. The fourth-order valence-electron chi connectivity index (χ4n) is 2.56. The van der Waals surface area contributed by atoms with Gasteiger partial charge in [0.2, 0.25) is 15.9 Å². The smallest absolute Gasteiger partial charge is 0.338 e. The molecule has 9 heteroatoms. The highest BCUT2D eigenvalue weighted by Gasteiger charge is 2.30. The fraction of sp³-hybridized carbons (Fsp3) is 0.500. The third-order valence-corrected chi connectivity index (χ3v) is 5.86. The summed E-state index contributed by atoms with van der Waals surface area (Å²) in [7, 11) is -3.67.